The predicted molar refractivity (Wildman–Crippen MR) is 80.4 cm³/mol. The second kappa shape index (κ2) is 6.06. The Kier molecular flexibility index (Phi) is 4.64. The lowest BCUT2D eigenvalue weighted by Crippen LogP contribution is -2.31. The summed E-state index contributed by atoms with van der Waals surface area (Å²) in [4.78, 5) is 0. The highest BCUT2D eigenvalue weighted by Gasteiger charge is 2.28. The second-order valence-corrected chi connectivity index (χ2v) is 6.15. The molecule has 1 aliphatic carbocycles. The molecule has 2 N–H and O–H groups in total. The Hall–Kier alpha value is -0.860. The van der Waals surface area contributed by atoms with E-state index in [9.17, 15) is 5.11 Å². The highest BCUT2D eigenvalue weighted by Crippen LogP contribution is 2.37. The van der Waals surface area contributed by atoms with Crippen molar-refractivity contribution in [2.45, 2.75) is 58.6 Å². The molecule has 2 nitrogen and oxygen atoms in total. The van der Waals surface area contributed by atoms with Crippen molar-refractivity contribution in [3.8, 4) is 0 Å². The molecular weight excluding hydrogens is 234 g/mol. The Balaban J connectivity index is 2.27. The molecule has 1 atom stereocenters. The summed E-state index contributed by atoms with van der Waals surface area (Å²) < 4.78 is 0. The second-order valence-electron chi connectivity index (χ2n) is 6.15. The van der Waals surface area contributed by atoms with Crippen LogP contribution in [-0.2, 0) is 0 Å². The zero-order chi connectivity index (χ0) is 14.0. The van der Waals surface area contributed by atoms with Gasteiger partial charge in [-0.1, -0.05) is 17.7 Å². The fourth-order valence-corrected chi connectivity index (χ4v) is 3.73. The summed E-state index contributed by atoms with van der Waals surface area (Å²) in [6.45, 7) is 6.60. The van der Waals surface area contributed by atoms with Gasteiger partial charge in [-0.15, -0.1) is 0 Å². The summed E-state index contributed by atoms with van der Waals surface area (Å²) >= 11 is 0. The summed E-state index contributed by atoms with van der Waals surface area (Å²) in [6.07, 6.45) is 4.08. The molecule has 1 aromatic carbocycles. The van der Waals surface area contributed by atoms with Gasteiger partial charge in [0.05, 0.1) is 6.10 Å². The Bertz CT molecular complexity index is 410. The van der Waals surface area contributed by atoms with Gasteiger partial charge < -0.3 is 10.4 Å². The Labute approximate surface area is 117 Å². The van der Waals surface area contributed by atoms with Crippen molar-refractivity contribution >= 4 is 0 Å². The van der Waals surface area contributed by atoms with Crippen molar-refractivity contribution in [1.29, 1.82) is 0 Å². The lowest BCUT2D eigenvalue weighted by atomic mass is 9.78. The van der Waals surface area contributed by atoms with Gasteiger partial charge in [-0.2, -0.15) is 0 Å². The predicted octanol–water partition coefficient (Wildman–Crippen LogP) is 3.42. The molecule has 1 aromatic rings. The van der Waals surface area contributed by atoms with Crippen molar-refractivity contribution in [2.75, 3.05) is 7.05 Å². The first-order chi connectivity index (χ1) is 9.02. The van der Waals surface area contributed by atoms with Crippen molar-refractivity contribution in [2.24, 2.45) is 5.92 Å². The van der Waals surface area contributed by atoms with E-state index >= 15 is 0 Å². The van der Waals surface area contributed by atoms with Crippen LogP contribution in [0.3, 0.4) is 0 Å². The summed E-state index contributed by atoms with van der Waals surface area (Å²) in [5, 5.41) is 13.2. The molecule has 0 radical (unpaired) electrons. The average Bonchev–Trinajstić information content (AvgIpc) is 2.35. The van der Waals surface area contributed by atoms with Crippen LogP contribution in [-0.4, -0.2) is 18.3 Å². The SMILES string of the molecule is CNC(c1c(C)cc(C)cc1C)C1CCC(O)CC1. The maximum Gasteiger partial charge on any atom is 0.0540 e. The van der Waals surface area contributed by atoms with Crippen LogP contribution < -0.4 is 5.32 Å². The summed E-state index contributed by atoms with van der Waals surface area (Å²) in [5.41, 5.74) is 5.59. The molecule has 1 aliphatic rings. The van der Waals surface area contributed by atoms with Gasteiger partial charge >= 0.3 is 0 Å². The van der Waals surface area contributed by atoms with Crippen LogP contribution in [0.4, 0.5) is 0 Å². The molecule has 2 heteroatoms. The van der Waals surface area contributed by atoms with Crippen molar-refractivity contribution in [1.82, 2.24) is 5.32 Å². The van der Waals surface area contributed by atoms with Crippen LogP contribution in [0.25, 0.3) is 0 Å². The van der Waals surface area contributed by atoms with E-state index in [1.807, 2.05) is 0 Å². The van der Waals surface area contributed by atoms with Crippen molar-refractivity contribution < 1.29 is 5.11 Å². The van der Waals surface area contributed by atoms with Gasteiger partial charge in [0.1, 0.15) is 0 Å². The fourth-order valence-electron chi connectivity index (χ4n) is 3.73. The minimum Gasteiger partial charge on any atom is -0.393 e. The Morgan fingerprint density at radius 1 is 1.05 bits per heavy atom. The molecule has 0 heterocycles. The van der Waals surface area contributed by atoms with E-state index in [1.165, 1.54) is 22.3 Å². The summed E-state index contributed by atoms with van der Waals surface area (Å²) in [6, 6.07) is 4.99. The molecule has 106 valence electrons. The van der Waals surface area contributed by atoms with Gasteiger partial charge in [0, 0.05) is 6.04 Å². The molecule has 0 amide bonds. The third-order valence-electron chi connectivity index (χ3n) is 4.57. The van der Waals surface area contributed by atoms with Gasteiger partial charge in [0.2, 0.25) is 0 Å². The minimum absolute atomic E-state index is 0.0750. The molecule has 0 saturated heterocycles. The van der Waals surface area contributed by atoms with E-state index in [0.29, 0.717) is 12.0 Å². The van der Waals surface area contributed by atoms with E-state index < -0.39 is 0 Å². The summed E-state index contributed by atoms with van der Waals surface area (Å²) in [7, 11) is 2.06. The van der Waals surface area contributed by atoms with Crippen LogP contribution in [0.1, 0.15) is 54.0 Å². The third kappa shape index (κ3) is 3.18. The van der Waals surface area contributed by atoms with Crippen LogP contribution in [0.2, 0.25) is 0 Å². The quantitative estimate of drug-likeness (QED) is 0.874. The number of rotatable bonds is 3. The molecule has 1 saturated carbocycles. The van der Waals surface area contributed by atoms with Crippen LogP contribution in [0.5, 0.6) is 0 Å². The molecule has 0 spiro atoms. The molecule has 0 aromatic heterocycles. The fraction of sp³-hybridized carbons (Fsp3) is 0.647. The number of aryl methyl sites for hydroxylation is 3. The normalized spacial score (nSPS) is 25.3. The summed E-state index contributed by atoms with van der Waals surface area (Å²) in [5.74, 6) is 0.647. The Morgan fingerprint density at radius 3 is 2.05 bits per heavy atom. The maximum absolute atomic E-state index is 9.68. The van der Waals surface area contributed by atoms with Crippen LogP contribution >= 0.6 is 0 Å². The van der Waals surface area contributed by atoms with E-state index in [2.05, 4.69) is 45.3 Å². The van der Waals surface area contributed by atoms with Crippen LogP contribution in [0.15, 0.2) is 12.1 Å². The molecular formula is C17H27NO. The standard InChI is InChI=1S/C17H27NO/c1-11-9-12(2)16(13(3)10-11)17(18-4)14-5-7-15(19)8-6-14/h9-10,14-15,17-19H,5-8H2,1-4H3. The molecule has 1 fully saturated rings. The van der Waals surface area contributed by atoms with Crippen LogP contribution in [0, 0.1) is 26.7 Å². The first-order valence-corrected chi connectivity index (χ1v) is 7.46. The smallest absolute Gasteiger partial charge is 0.0540 e. The van der Waals surface area contributed by atoms with Gasteiger partial charge in [0.25, 0.3) is 0 Å². The minimum atomic E-state index is -0.0750. The largest absolute Gasteiger partial charge is 0.393 e. The van der Waals surface area contributed by atoms with E-state index in [-0.39, 0.29) is 6.10 Å². The maximum atomic E-state index is 9.68. The number of aliphatic hydroxyl groups excluding tert-OH is 1. The van der Waals surface area contributed by atoms with Crippen molar-refractivity contribution in [3.63, 3.8) is 0 Å². The number of hydrogen-bond donors (Lipinski definition) is 2. The molecule has 1 unspecified atom stereocenters. The molecule has 19 heavy (non-hydrogen) atoms. The molecule has 0 aliphatic heterocycles. The van der Waals surface area contributed by atoms with E-state index in [0.717, 1.165) is 25.7 Å². The number of hydrogen-bond acceptors (Lipinski definition) is 2. The molecule has 2 rings (SSSR count). The highest BCUT2D eigenvalue weighted by molar-refractivity contribution is 5.40. The zero-order valence-corrected chi connectivity index (χ0v) is 12.7. The van der Waals surface area contributed by atoms with Gasteiger partial charge in [0.15, 0.2) is 0 Å². The van der Waals surface area contributed by atoms with Gasteiger partial charge in [-0.25, -0.2) is 0 Å². The lowest BCUT2D eigenvalue weighted by Gasteiger charge is -2.34. The first-order valence-electron chi connectivity index (χ1n) is 7.46. The monoisotopic (exact) mass is 261 g/mol. The highest BCUT2D eigenvalue weighted by atomic mass is 16.3. The average molecular weight is 261 g/mol. The number of aliphatic hydroxyl groups is 1. The van der Waals surface area contributed by atoms with Crippen molar-refractivity contribution in [3.05, 3.63) is 34.4 Å². The zero-order valence-electron chi connectivity index (χ0n) is 12.7. The van der Waals surface area contributed by atoms with Gasteiger partial charge in [-0.05, 0) is 76.1 Å². The number of nitrogens with one attached hydrogen (secondary N) is 1. The number of benzene rings is 1. The first kappa shape index (κ1) is 14.5. The lowest BCUT2D eigenvalue weighted by molar-refractivity contribution is 0.0980. The molecule has 0 bridgehead atoms. The Morgan fingerprint density at radius 2 is 1.58 bits per heavy atom. The topological polar surface area (TPSA) is 32.3 Å². The van der Waals surface area contributed by atoms with E-state index in [4.69, 9.17) is 0 Å². The van der Waals surface area contributed by atoms with Gasteiger partial charge in [-0.3, -0.25) is 0 Å². The third-order valence-corrected chi connectivity index (χ3v) is 4.57. The van der Waals surface area contributed by atoms with E-state index in [1.54, 1.807) is 0 Å².